The van der Waals surface area contributed by atoms with Crippen LogP contribution in [0.3, 0.4) is 0 Å². The summed E-state index contributed by atoms with van der Waals surface area (Å²) in [6.07, 6.45) is 0. The molecule has 0 saturated heterocycles. The van der Waals surface area contributed by atoms with Gasteiger partial charge in [0.1, 0.15) is 5.69 Å². The summed E-state index contributed by atoms with van der Waals surface area (Å²) >= 11 is 6.32. The van der Waals surface area contributed by atoms with Crippen LogP contribution in [0, 0.1) is 6.92 Å². The maximum atomic E-state index is 12.2. The zero-order valence-electron chi connectivity index (χ0n) is 12.4. The van der Waals surface area contributed by atoms with Gasteiger partial charge in [-0.15, -0.1) is 0 Å². The van der Waals surface area contributed by atoms with E-state index in [1.54, 1.807) is 0 Å². The van der Waals surface area contributed by atoms with Gasteiger partial charge in [-0.2, -0.15) is 5.10 Å². The van der Waals surface area contributed by atoms with Crippen molar-refractivity contribution in [3.8, 4) is 11.3 Å². The van der Waals surface area contributed by atoms with Crippen LogP contribution in [0.1, 0.15) is 33.2 Å². The molecule has 2 aromatic carbocycles. The Bertz CT molecular complexity index is 899. The van der Waals surface area contributed by atoms with E-state index in [1.807, 2.05) is 55.5 Å². The number of amides is 1. The summed E-state index contributed by atoms with van der Waals surface area (Å²) in [6.45, 7) is 2.04. The maximum Gasteiger partial charge on any atom is 0.270 e. The molecule has 1 aromatic heterocycles. The van der Waals surface area contributed by atoms with Gasteiger partial charge in [0, 0.05) is 16.1 Å². The van der Waals surface area contributed by atoms with Gasteiger partial charge in [0.05, 0.1) is 11.7 Å². The predicted octanol–water partition coefficient (Wildman–Crippen LogP) is 3.87. The number of aromatic nitrogens is 2. The second-order valence-corrected chi connectivity index (χ2v) is 6.06. The molecule has 23 heavy (non-hydrogen) atoms. The van der Waals surface area contributed by atoms with Crippen LogP contribution >= 0.6 is 11.6 Å². The van der Waals surface area contributed by atoms with Crippen molar-refractivity contribution in [3.05, 3.63) is 75.9 Å². The lowest BCUT2D eigenvalue weighted by molar-refractivity contribution is 0.0955. The van der Waals surface area contributed by atoms with Crippen LogP contribution in [-0.4, -0.2) is 16.1 Å². The highest BCUT2D eigenvalue weighted by molar-refractivity contribution is 6.31. The minimum Gasteiger partial charge on any atom is -0.340 e. The van der Waals surface area contributed by atoms with Gasteiger partial charge in [0.15, 0.2) is 0 Å². The van der Waals surface area contributed by atoms with E-state index in [1.165, 1.54) is 5.56 Å². The smallest absolute Gasteiger partial charge is 0.270 e. The first-order valence-electron chi connectivity index (χ1n) is 7.36. The van der Waals surface area contributed by atoms with Gasteiger partial charge in [-0.25, -0.2) is 0 Å². The Balaban J connectivity index is 1.88. The van der Waals surface area contributed by atoms with Gasteiger partial charge in [0.25, 0.3) is 5.91 Å². The quantitative estimate of drug-likeness (QED) is 0.752. The molecule has 1 amide bonds. The summed E-state index contributed by atoms with van der Waals surface area (Å²) in [6, 6.07) is 15.3. The number of rotatable bonds is 2. The van der Waals surface area contributed by atoms with Crippen molar-refractivity contribution >= 4 is 17.5 Å². The molecular formula is C18H14ClN3O. The molecule has 0 radical (unpaired) electrons. The van der Waals surface area contributed by atoms with Crippen molar-refractivity contribution in [2.24, 2.45) is 0 Å². The van der Waals surface area contributed by atoms with Crippen LogP contribution in [0.25, 0.3) is 11.3 Å². The van der Waals surface area contributed by atoms with Crippen LogP contribution in [0.15, 0.2) is 48.5 Å². The normalized spacial score (nSPS) is 16.3. The lowest BCUT2D eigenvalue weighted by Crippen LogP contribution is -2.21. The van der Waals surface area contributed by atoms with Gasteiger partial charge in [-0.05, 0) is 18.6 Å². The van der Waals surface area contributed by atoms with Crippen LogP contribution in [0.2, 0.25) is 5.02 Å². The van der Waals surface area contributed by atoms with Crippen molar-refractivity contribution < 1.29 is 4.79 Å². The van der Waals surface area contributed by atoms with E-state index in [0.29, 0.717) is 10.7 Å². The number of aryl methyl sites for hydroxylation is 1. The van der Waals surface area contributed by atoms with Gasteiger partial charge in [-0.3, -0.25) is 9.89 Å². The second-order valence-electron chi connectivity index (χ2n) is 5.65. The summed E-state index contributed by atoms with van der Waals surface area (Å²) in [5, 5.41) is 10.8. The Labute approximate surface area is 138 Å². The van der Waals surface area contributed by atoms with Crippen LogP contribution in [-0.2, 0) is 0 Å². The molecule has 0 aliphatic carbocycles. The topological polar surface area (TPSA) is 57.8 Å². The van der Waals surface area contributed by atoms with E-state index in [-0.39, 0.29) is 11.9 Å². The monoisotopic (exact) mass is 323 g/mol. The minimum absolute atomic E-state index is 0.157. The zero-order valence-corrected chi connectivity index (χ0v) is 13.2. The van der Waals surface area contributed by atoms with Crippen LogP contribution < -0.4 is 5.32 Å². The van der Waals surface area contributed by atoms with Crippen molar-refractivity contribution in [1.29, 1.82) is 0 Å². The number of nitrogens with zero attached hydrogens (tertiary/aromatic N) is 1. The van der Waals surface area contributed by atoms with Crippen molar-refractivity contribution in [3.63, 3.8) is 0 Å². The average molecular weight is 324 g/mol. The molecule has 3 aromatic rings. The molecule has 0 bridgehead atoms. The molecule has 4 nitrogen and oxygen atoms in total. The van der Waals surface area contributed by atoms with E-state index in [0.717, 1.165) is 22.4 Å². The largest absolute Gasteiger partial charge is 0.340 e. The molecule has 2 heterocycles. The third kappa shape index (κ3) is 2.23. The number of carbonyl (C=O) groups is 1. The fraction of sp³-hybridized carbons (Fsp3) is 0.111. The molecular weight excluding hydrogens is 310 g/mol. The van der Waals surface area contributed by atoms with Crippen molar-refractivity contribution in [2.75, 3.05) is 0 Å². The molecule has 1 aliphatic heterocycles. The molecule has 0 unspecified atom stereocenters. The number of H-pyrrole nitrogens is 1. The van der Waals surface area contributed by atoms with E-state index in [2.05, 4.69) is 15.5 Å². The molecule has 2 N–H and O–H groups in total. The van der Waals surface area contributed by atoms with Gasteiger partial charge < -0.3 is 5.32 Å². The predicted molar refractivity (Wildman–Crippen MR) is 89.5 cm³/mol. The first kappa shape index (κ1) is 14.0. The molecule has 0 fully saturated rings. The summed E-state index contributed by atoms with van der Waals surface area (Å²) in [7, 11) is 0. The third-order valence-electron chi connectivity index (χ3n) is 4.14. The summed E-state index contributed by atoms with van der Waals surface area (Å²) < 4.78 is 0. The number of aromatic amines is 1. The second kappa shape index (κ2) is 5.25. The van der Waals surface area contributed by atoms with Crippen molar-refractivity contribution in [2.45, 2.75) is 13.0 Å². The summed E-state index contributed by atoms with van der Waals surface area (Å²) in [5.41, 5.74) is 5.16. The lowest BCUT2D eigenvalue weighted by atomic mass is 9.96. The standard InChI is InChI=1S/C18H14ClN3O/c1-10-6-8-11(9-7-10)15-14-16(12-4-2-3-5-13(12)19)20-18(23)17(14)22-21-15/h2-9,16H,1H3,(H,20,23)(H,21,22)/t16-/m1/s1. The maximum absolute atomic E-state index is 12.2. The Morgan fingerprint density at radius 3 is 2.57 bits per heavy atom. The Hall–Kier alpha value is -2.59. The number of fused-ring (bicyclic) bond motifs is 1. The first-order chi connectivity index (χ1) is 11.1. The van der Waals surface area contributed by atoms with Gasteiger partial charge >= 0.3 is 0 Å². The number of halogens is 1. The fourth-order valence-corrected chi connectivity index (χ4v) is 3.20. The molecule has 1 atom stereocenters. The van der Waals surface area contributed by atoms with Crippen LogP contribution in [0.5, 0.6) is 0 Å². The number of hydrogen-bond donors (Lipinski definition) is 2. The van der Waals surface area contributed by atoms with E-state index < -0.39 is 0 Å². The van der Waals surface area contributed by atoms with Crippen LogP contribution in [0.4, 0.5) is 0 Å². The molecule has 5 heteroatoms. The Morgan fingerprint density at radius 1 is 1.09 bits per heavy atom. The van der Waals surface area contributed by atoms with Gasteiger partial charge in [-0.1, -0.05) is 59.6 Å². The number of nitrogens with one attached hydrogen (secondary N) is 2. The zero-order chi connectivity index (χ0) is 16.0. The number of benzene rings is 2. The molecule has 1 aliphatic rings. The molecule has 114 valence electrons. The fourth-order valence-electron chi connectivity index (χ4n) is 2.95. The van der Waals surface area contributed by atoms with E-state index in [9.17, 15) is 4.79 Å². The highest BCUT2D eigenvalue weighted by atomic mass is 35.5. The average Bonchev–Trinajstić information content (AvgIpc) is 3.11. The molecule has 0 spiro atoms. The molecule has 4 rings (SSSR count). The minimum atomic E-state index is -0.291. The third-order valence-corrected chi connectivity index (χ3v) is 4.48. The Kier molecular flexibility index (Phi) is 3.20. The van der Waals surface area contributed by atoms with Gasteiger partial charge in [0.2, 0.25) is 0 Å². The lowest BCUT2D eigenvalue weighted by Gasteiger charge is -2.14. The van der Waals surface area contributed by atoms with E-state index >= 15 is 0 Å². The first-order valence-corrected chi connectivity index (χ1v) is 7.73. The Morgan fingerprint density at radius 2 is 1.83 bits per heavy atom. The molecule has 0 saturated carbocycles. The highest BCUT2D eigenvalue weighted by Crippen LogP contribution is 2.39. The SMILES string of the molecule is Cc1ccc(-c2n[nH]c3c2[C@@H](c2ccccc2Cl)NC3=O)cc1. The number of carbonyl (C=O) groups excluding carboxylic acids is 1. The van der Waals surface area contributed by atoms with Crippen molar-refractivity contribution in [1.82, 2.24) is 15.5 Å². The summed E-state index contributed by atoms with van der Waals surface area (Å²) in [4.78, 5) is 12.2. The highest BCUT2D eigenvalue weighted by Gasteiger charge is 2.36. The number of hydrogen-bond acceptors (Lipinski definition) is 2. The van der Waals surface area contributed by atoms with E-state index in [4.69, 9.17) is 11.6 Å². The summed E-state index contributed by atoms with van der Waals surface area (Å²) in [5.74, 6) is -0.157.